The fourth-order valence-corrected chi connectivity index (χ4v) is 2.77. The predicted molar refractivity (Wildman–Crippen MR) is 95.0 cm³/mol. The van der Waals surface area contributed by atoms with Gasteiger partial charge >= 0.3 is 5.97 Å². The first kappa shape index (κ1) is 16.2. The van der Waals surface area contributed by atoms with Crippen LogP contribution in [0.3, 0.4) is 0 Å². The summed E-state index contributed by atoms with van der Waals surface area (Å²) >= 11 is 0. The molecule has 0 aromatic heterocycles. The monoisotopic (exact) mass is 326 g/mol. The summed E-state index contributed by atoms with van der Waals surface area (Å²) in [5.41, 5.74) is 2.97. The van der Waals surface area contributed by atoms with Gasteiger partial charge in [-0.15, -0.1) is 0 Å². The first-order chi connectivity index (χ1) is 11.9. The number of hydrogen-bond acceptors (Lipinski definition) is 3. The highest BCUT2D eigenvalue weighted by molar-refractivity contribution is 6.01. The zero-order chi connectivity index (χ0) is 18.6. The summed E-state index contributed by atoms with van der Waals surface area (Å²) in [7, 11) is 1.30. The highest BCUT2D eigenvalue weighted by Crippen LogP contribution is 2.27. The van der Waals surface area contributed by atoms with Crippen molar-refractivity contribution in [3.05, 3.63) is 65.2 Å². The number of carbonyl (C=O) groups excluding carboxylic acids is 2. The van der Waals surface area contributed by atoms with Crippen LogP contribution in [0.4, 0.5) is 5.69 Å². The number of para-hydroxylation sites is 1. The maximum Gasteiger partial charge on any atom is 0.328 e. The minimum absolute atomic E-state index is 0.170. The van der Waals surface area contributed by atoms with Crippen molar-refractivity contribution in [2.75, 3.05) is 12.0 Å². The van der Waals surface area contributed by atoms with E-state index in [0.29, 0.717) is 17.3 Å². The average Bonchev–Trinajstić information content (AvgIpc) is 2.61. The van der Waals surface area contributed by atoms with E-state index in [1.807, 2.05) is 37.3 Å². The van der Waals surface area contributed by atoms with Crippen LogP contribution in [0.5, 0.6) is 0 Å². The topological polar surface area (TPSA) is 46.6 Å². The Bertz CT molecular complexity index is 774. The van der Waals surface area contributed by atoms with Gasteiger partial charge in [-0.2, -0.15) is 0 Å². The molecule has 1 atom stereocenters. The first-order valence-electron chi connectivity index (χ1n) is 8.37. The van der Waals surface area contributed by atoms with Crippen LogP contribution in [0.1, 0.15) is 25.0 Å². The second-order valence-corrected chi connectivity index (χ2v) is 5.76. The smallest absolute Gasteiger partial charge is 0.328 e. The van der Waals surface area contributed by atoms with Gasteiger partial charge in [0, 0.05) is 0 Å². The number of anilines is 1. The van der Waals surface area contributed by atoms with Crippen LogP contribution in [0.2, 0.25) is 0 Å². The summed E-state index contributed by atoms with van der Waals surface area (Å²) in [4.78, 5) is 26.6. The molecule has 4 nitrogen and oxygen atoms in total. The zero-order valence-corrected chi connectivity index (χ0v) is 14.5. The summed E-state index contributed by atoms with van der Waals surface area (Å²) in [6, 6.07) is 12.4. The number of rotatable bonds is 5. The molecule has 0 bridgehead atoms. The summed E-state index contributed by atoms with van der Waals surface area (Å²) in [6.07, 6.45) is 0.170. The normalized spacial score (nSPS) is 12.2. The van der Waals surface area contributed by atoms with Gasteiger partial charge in [0.15, 0.2) is 0 Å². The molecule has 0 spiro atoms. The number of amides is 1. The van der Waals surface area contributed by atoms with Gasteiger partial charge in [-0.1, -0.05) is 48.5 Å². The highest BCUT2D eigenvalue weighted by Gasteiger charge is 2.30. The summed E-state index contributed by atoms with van der Waals surface area (Å²) < 4.78 is 12.9. The Labute approximate surface area is 144 Å². The molecule has 0 saturated carbocycles. The number of benzene rings is 2. The summed E-state index contributed by atoms with van der Waals surface area (Å²) in [5, 5.41) is 0. The van der Waals surface area contributed by atoms with Crippen LogP contribution in [-0.4, -0.2) is 25.0 Å². The van der Waals surface area contributed by atoms with Gasteiger partial charge in [-0.3, -0.25) is 9.69 Å². The number of ether oxygens (including phenoxy) is 1. The van der Waals surface area contributed by atoms with Crippen LogP contribution in [0, 0.1) is 13.8 Å². The molecule has 0 saturated heterocycles. The zero-order valence-electron chi connectivity index (χ0n) is 15.5. The standard InChI is InChI=1S/C20H23NO3/c1-14-9-8-10-15(2)19(14)21(16(3)20(23)24-4)18(22)13-17-11-6-5-7-12-17/h5-12,16H,13H2,1-4H3/t16-/m0/s1/i9D. The molecule has 0 heterocycles. The van der Waals surface area contributed by atoms with E-state index in [4.69, 9.17) is 6.11 Å². The maximum absolute atomic E-state index is 13.0. The van der Waals surface area contributed by atoms with Crippen molar-refractivity contribution in [2.45, 2.75) is 33.2 Å². The minimum Gasteiger partial charge on any atom is -0.467 e. The lowest BCUT2D eigenvalue weighted by Crippen LogP contribution is -2.45. The van der Waals surface area contributed by atoms with Gasteiger partial charge in [-0.25, -0.2) is 4.79 Å². The van der Waals surface area contributed by atoms with E-state index in [9.17, 15) is 9.59 Å². The molecule has 0 N–H and O–H groups in total. The molecule has 2 aromatic rings. The molecule has 2 aromatic carbocycles. The third-order valence-electron chi connectivity index (χ3n) is 4.00. The number of esters is 1. The first-order valence-corrected chi connectivity index (χ1v) is 7.87. The van der Waals surface area contributed by atoms with Crippen molar-refractivity contribution in [2.24, 2.45) is 0 Å². The van der Waals surface area contributed by atoms with Gasteiger partial charge in [0.05, 0.1) is 20.6 Å². The predicted octanol–water partition coefficient (Wildman–Crippen LogP) is 3.44. The molecular formula is C20H23NO3. The van der Waals surface area contributed by atoms with Crippen molar-refractivity contribution < 1.29 is 15.7 Å². The van der Waals surface area contributed by atoms with Crippen LogP contribution in [0.15, 0.2) is 48.5 Å². The van der Waals surface area contributed by atoms with E-state index in [2.05, 4.69) is 0 Å². The SMILES string of the molecule is [2H]c1ccc(C)c(N(C(=O)Cc2ccccc2)[C@@H](C)C(=O)OC)c1C. The van der Waals surface area contributed by atoms with Crippen molar-refractivity contribution in [1.82, 2.24) is 0 Å². The summed E-state index contributed by atoms with van der Waals surface area (Å²) in [6.45, 7) is 5.30. The number of carbonyl (C=O) groups is 2. The Morgan fingerprint density at radius 2 is 1.79 bits per heavy atom. The van der Waals surface area contributed by atoms with Crippen LogP contribution in [-0.2, 0) is 20.7 Å². The van der Waals surface area contributed by atoms with Gasteiger partial charge in [0.1, 0.15) is 6.04 Å². The molecule has 0 unspecified atom stereocenters. The molecule has 2 rings (SSSR count). The molecule has 1 amide bonds. The molecule has 0 fully saturated rings. The molecule has 0 radical (unpaired) electrons. The van der Waals surface area contributed by atoms with Gasteiger partial charge in [-0.05, 0) is 37.5 Å². The molecule has 0 aliphatic carbocycles. The van der Waals surface area contributed by atoms with Gasteiger partial charge in [0.2, 0.25) is 5.91 Å². The lowest BCUT2D eigenvalue weighted by Gasteiger charge is -2.30. The van der Waals surface area contributed by atoms with Gasteiger partial charge in [0.25, 0.3) is 0 Å². The maximum atomic E-state index is 13.0. The fraction of sp³-hybridized carbons (Fsp3) is 0.300. The number of nitrogens with zero attached hydrogens (tertiary/aromatic N) is 1. The second kappa shape index (κ2) is 7.77. The quantitative estimate of drug-likeness (QED) is 0.791. The van der Waals surface area contributed by atoms with Crippen molar-refractivity contribution in [3.63, 3.8) is 0 Å². The molecule has 126 valence electrons. The Hall–Kier alpha value is -2.62. The lowest BCUT2D eigenvalue weighted by molar-refractivity contribution is -0.143. The lowest BCUT2D eigenvalue weighted by atomic mass is 10.0. The molecule has 0 aliphatic heterocycles. The van der Waals surface area contributed by atoms with E-state index in [1.54, 1.807) is 26.0 Å². The average molecular weight is 326 g/mol. The summed E-state index contributed by atoms with van der Waals surface area (Å²) in [5.74, 6) is -0.698. The van der Waals surface area contributed by atoms with Crippen LogP contribution in [0.25, 0.3) is 0 Å². The number of aryl methyl sites for hydroxylation is 1. The van der Waals surface area contributed by atoms with E-state index < -0.39 is 12.0 Å². The highest BCUT2D eigenvalue weighted by atomic mass is 16.5. The number of methoxy groups -OCH3 is 1. The second-order valence-electron chi connectivity index (χ2n) is 5.76. The van der Waals surface area contributed by atoms with E-state index in [0.717, 1.165) is 11.1 Å². The van der Waals surface area contributed by atoms with E-state index in [1.165, 1.54) is 12.0 Å². The van der Waals surface area contributed by atoms with Crippen molar-refractivity contribution in [3.8, 4) is 0 Å². The molecule has 4 heteroatoms. The molecular weight excluding hydrogens is 302 g/mol. The fourth-order valence-electron chi connectivity index (χ4n) is 2.77. The Balaban J connectivity index is 2.49. The Morgan fingerprint density at radius 3 is 2.42 bits per heavy atom. The molecule has 0 aliphatic rings. The third kappa shape index (κ3) is 3.82. The van der Waals surface area contributed by atoms with E-state index in [-0.39, 0.29) is 12.3 Å². The largest absolute Gasteiger partial charge is 0.467 e. The third-order valence-corrected chi connectivity index (χ3v) is 4.00. The van der Waals surface area contributed by atoms with Gasteiger partial charge < -0.3 is 4.74 Å². The number of hydrogen-bond donors (Lipinski definition) is 0. The molecule has 24 heavy (non-hydrogen) atoms. The van der Waals surface area contributed by atoms with Crippen LogP contribution >= 0.6 is 0 Å². The van der Waals surface area contributed by atoms with E-state index >= 15 is 0 Å². The Morgan fingerprint density at radius 1 is 1.12 bits per heavy atom. The van der Waals surface area contributed by atoms with Crippen LogP contribution < -0.4 is 4.90 Å². The Kier molecular flexibility index (Phi) is 5.26. The minimum atomic E-state index is -0.777. The van der Waals surface area contributed by atoms with Crippen molar-refractivity contribution in [1.29, 1.82) is 0 Å². The van der Waals surface area contributed by atoms with Crippen molar-refractivity contribution >= 4 is 17.6 Å².